The molecule has 1 heterocycles. The standard InChI is InChI=1S/C18H20N2O4/c1-12-4-3-5-15(13(12)2)22-9-8-19-18(21)20-14-6-7-16-17(10-14)24-11-23-16/h3-7,10H,8-9,11H2,1-2H3,(H2,19,20,21). The molecule has 2 amide bonds. The first-order chi connectivity index (χ1) is 11.6. The molecule has 0 spiro atoms. The summed E-state index contributed by atoms with van der Waals surface area (Å²) in [6.45, 7) is 5.08. The topological polar surface area (TPSA) is 68.8 Å². The summed E-state index contributed by atoms with van der Waals surface area (Å²) >= 11 is 0. The molecule has 6 nitrogen and oxygen atoms in total. The van der Waals surface area contributed by atoms with E-state index in [9.17, 15) is 4.79 Å². The minimum absolute atomic E-state index is 0.209. The van der Waals surface area contributed by atoms with E-state index in [1.54, 1.807) is 18.2 Å². The molecule has 0 saturated heterocycles. The van der Waals surface area contributed by atoms with Crippen LogP contribution >= 0.6 is 0 Å². The van der Waals surface area contributed by atoms with Crippen LogP contribution in [0.5, 0.6) is 17.2 Å². The van der Waals surface area contributed by atoms with Crippen molar-refractivity contribution in [2.75, 3.05) is 25.3 Å². The highest BCUT2D eigenvalue weighted by molar-refractivity contribution is 5.89. The van der Waals surface area contributed by atoms with Gasteiger partial charge in [-0.1, -0.05) is 12.1 Å². The highest BCUT2D eigenvalue weighted by Crippen LogP contribution is 2.34. The van der Waals surface area contributed by atoms with Crippen molar-refractivity contribution < 1.29 is 19.0 Å². The van der Waals surface area contributed by atoms with Gasteiger partial charge in [-0.15, -0.1) is 0 Å². The predicted molar refractivity (Wildman–Crippen MR) is 91.0 cm³/mol. The summed E-state index contributed by atoms with van der Waals surface area (Å²) in [7, 11) is 0. The van der Waals surface area contributed by atoms with Crippen molar-refractivity contribution in [2.24, 2.45) is 0 Å². The number of amides is 2. The summed E-state index contributed by atoms with van der Waals surface area (Å²) in [5, 5.41) is 5.51. The Morgan fingerprint density at radius 2 is 2.00 bits per heavy atom. The van der Waals surface area contributed by atoms with Gasteiger partial charge in [-0.2, -0.15) is 0 Å². The molecular formula is C18H20N2O4. The van der Waals surface area contributed by atoms with E-state index in [1.165, 1.54) is 5.56 Å². The van der Waals surface area contributed by atoms with E-state index < -0.39 is 0 Å². The molecular weight excluding hydrogens is 308 g/mol. The highest BCUT2D eigenvalue weighted by Gasteiger charge is 2.14. The van der Waals surface area contributed by atoms with E-state index >= 15 is 0 Å². The second-order valence-electron chi connectivity index (χ2n) is 5.50. The first-order valence-electron chi connectivity index (χ1n) is 7.77. The van der Waals surface area contributed by atoms with Crippen LogP contribution in [0.1, 0.15) is 11.1 Å². The summed E-state index contributed by atoms with van der Waals surface area (Å²) in [4.78, 5) is 11.9. The molecule has 126 valence electrons. The lowest BCUT2D eigenvalue weighted by Crippen LogP contribution is -2.32. The molecule has 0 fully saturated rings. The number of hydrogen-bond acceptors (Lipinski definition) is 4. The quantitative estimate of drug-likeness (QED) is 0.827. The van der Waals surface area contributed by atoms with E-state index in [0.717, 1.165) is 11.3 Å². The van der Waals surface area contributed by atoms with Gasteiger partial charge in [0.25, 0.3) is 0 Å². The van der Waals surface area contributed by atoms with Crippen LogP contribution in [0.25, 0.3) is 0 Å². The van der Waals surface area contributed by atoms with Gasteiger partial charge >= 0.3 is 6.03 Å². The van der Waals surface area contributed by atoms with Crippen LogP contribution < -0.4 is 24.8 Å². The number of fused-ring (bicyclic) bond motifs is 1. The normalized spacial score (nSPS) is 11.9. The monoisotopic (exact) mass is 328 g/mol. The summed E-state index contributed by atoms with van der Waals surface area (Å²) < 4.78 is 16.2. The van der Waals surface area contributed by atoms with E-state index in [0.29, 0.717) is 30.3 Å². The smallest absolute Gasteiger partial charge is 0.319 e. The summed E-state index contributed by atoms with van der Waals surface area (Å²) in [5.74, 6) is 2.15. The molecule has 2 aromatic rings. The molecule has 2 aromatic carbocycles. The summed E-state index contributed by atoms with van der Waals surface area (Å²) in [6, 6.07) is 10.9. The molecule has 0 atom stereocenters. The Morgan fingerprint density at radius 1 is 1.17 bits per heavy atom. The zero-order valence-corrected chi connectivity index (χ0v) is 13.7. The van der Waals surface area contributed by atoms with Gasteiger partial charge in [0, 0.05) is 11.8 Å². The fourth-order valence-electron chi connectivity index (χ4n) is 2.36. The van der Waals surface area contributed by atoms with Crippen LogP contribution in [-0.4, -0.2) is 26.0 Å². The Kier molecular flexibility index (Phi) is 4.74. The number of anilines is 1. The summed E-state index contributed by atoms with van der Waals surface area (Å²) in [6.07, 6.45) is 0. The third-order valence-electron chi connectivity index (χ3n) is 3.83. The van der Waals surface area contributed by atoms with Gasteiger partial charge in [0.05, 0.1) is 6.54 Å². The number of urea groups is 1. The average molecular weight is 328 g/mol. The number of carbonyl (C=O) groups is 1. The number of aryl methyl sites for hydroxylation is 1. The summed E-state index contributed by atoms with van der Waals surface area (Å²) in [5.41, 5.74) is 2.94. The molecule has 6 heteroatoms. The molecule has 3 rings (SSSR count). The van der Waals surface area contributed by atoms with Crippen molar-refractivity contribution in [1.29, 1.82) is 0 Å². The van der Waals surface area contributed by atoms with Gasteiger partial charge in [0.2, 0.25) is 6.79 Å². The number of rotatable bonds is 5. The second kappa shape index (κ2) is 7.12. The minimum Gasteiger partial charge on any atom is -0.491 e. The molecule has 2 N–H and O–H groups in total. The average Bonchev–Trinajstić information content (AvgIpc) is 3.03. The number of ether oxygens (including phenoxy) is 3. The van der Waals surface area contributed by atoms with E-state index in [-0.39, 0.29) is 12.8 Å². The van der Waals surface area contributed by atoms with Crippen molar-refractivity contribution >= 4 is 11.7 Å². The highest BCUT2D eigenvalue weighted by atomic mass is 16.7. The van der Waals surface area contributed by atoms with Crippen LogP contribution in [0.2, 0.25) is 0 Å². The number of benzene rings is 2. The van der Waals surface area contributed by atoms with Gasteiger partial charge in [0.15, 0.2) is 11.5 Å². The molecule has 1 aliphatic heterocycles. The predicted octanol–water partition coefficient (Wildman–Crippen LogP) is 3.23. The zero-order chi connectivity index (χ0) is 16.9. The van der Waals surface area contributed by atoms with Crippen molar-refractivity contribution in [1.82, 2.24) is 5.32 Å². The Hall–Kier alpha value is -2.89. The molecule has 0 unspecified atom stereocenters. The molecule has 0 saturated carbocycles. The molecule has 0 bridgehead atoms. The van der Waals surface area contributed by atoms with Crippen molar-refractivity contribution in [2.45, 2.75) is 13.8 Å². The van der Waals surface area contributed by atoms with E-state index in [4.69, 9.17) is 14.2 Å². The van der Waals surface area contributed by atoms with Crippen LogP contribution in [0, 0.1) is 13.8 Å². The van der Waals surface area contributed by atoms with Gasteiger partial charge in [-0.3, -0.25) is 0 Å². The lowest BCUT2D eigenvalue weighted by Gasteiger charge is -2.12. The Morgan fingerprint density at radius 3 is 2.88 bits per heavy atom. The Bertz CT molecular complexity index is 746. The Labute approximate surface area is 140 Å². The first kappa shape index (κ1) is 16.0. The lowest BCUT2D eigenvalue weighted by atomic mass is 10.1. The fourth-order valence-corrected chi connectivity index (χ4v) is 2.36. The van der Waals surface area contributed by atoms with E-state index in [2.05, 4.69) is 10.6 Å². The third-order valence-corrected chi connectivity index (χ3v) is 3.83. The number of carbonyl (C=O) groups excluding carboxylic acids is 1. The van der Waals surface area contributed by atoms with Crippen LogP contribution in [0.3, 0.4) is 0 Å². The Balaban J connectivity index is 1.43. The third kappa shape index (κ3) is 3.71. The van der Waals surface area contributed by atoms with E-state index in [1.807, 2.05) is 32.0 Å². The maximum absolute atomic E-state index is 11.9. The van der Waals surface area contributed by atoms with Crippen LogP contribution in [0.4, 0.5) is 10.5 Å². The van der Waals surface area contributed by atoms with Crippen molar-refractivity contribution in [3.8, 4) is 17.2 Å². The molecule has 0 aliphatic carbocycles. The minimum atomic E-state index is -0.293. The SMILES string of the molecule is Cc1cccc(OCCNC(=O)Nc2ccc3c(c2)OCO3)c1C. The van der Waals surface area contributed by atoms with Gasteiger partial charge in [-0.25, -0.2) is 4.79 Å². The number of nitrogens with one attached hydrogen (secondary N) is 2. The molecule has 0 aromatic heterocycles. The maximum Gasteiger partial charge on any atom is 0.319 e. The van der Waals surface area contributed by atoms with Crippen molar-refractivity contribution in [3.05, 3.63) is 47.5 Å². The van der Waals surface area contributed by atoms with Crippen LogP contribution in [-0.2, 0) is 0 Å². The largest absolute Gasteiger partial charge is 0.491 e. The lowest BCUT2D eigenvalue weighted by molar-refractivity contribution is 0.174. The number of hydrogen-bond donors (Lipinski definition) is 2. The zero-order valence-electron chi connectivity index (χ0n) is 13.7. The second-order valence-corrected chi connectivity index (χ2v) is 5.50. The van der Waals surface area contributed by atoms with Crippen molar-refractivity contribution in [3.63, 3.8) is 0 Å². The molecule has 1 aliphatic rings. The first-order valence-corrected chi connectivity index (χ1v) is 7.77. The van der Waals surface area contributed by atoms with Gasteiger partial charge in [0.1, 0.15) is 12.4 Å². The maximum atomic E-state index is 11.9. The fraction of sp³-hybridized carbons (Fsp3) is 0.278. The van der Waals surface area contributed by atoms with Gasteiger partial charge < -0.3 is 24.8 Å². The molecule has 0 radical (unpaired) electrons. The molecule has 24 heavy (non-hydrogen) atoms. The van der Waals surface area contributed by atoms with Gasteiger partial charge in [-0.05, 0) is 43.2 Å². The van der Waals surface area contributed by atoms with Crippen LogP contribution in [0.15, 0.2) is 36.4 Å².